The molecule has 4 aromatic rings. The second kappa shape index (κ2) is 9.98. The Labute approximate surface area is 185 Å². The zero-order valence-corrected chi connectivity index (χ0v) is 17.8. The topological polar surface area (TPSA) is 88.7 Å². The Balaban J connectivity index is 1.62. The van der Waals surface area contributed by atoms with E-state index >= 15 is 0 Å². The van der Waals surface area contributed by atoms with Crippen molar-refractivity contribution in [2.75, 3.05) is 25.6 Å². The lowest BCUT2D eigenvalue weighted by Crippen LogP contribution is -2.10. The van der Waals surface area contributed by atoms with Crippen molar-refractivity contribution in [2.24, 2.45) is 0 Å². The summed E-state index contributed by atoms with van der Waals surface area (Å²) in [6, 6.07) is 16.2. The number of nitriles is 1. The quantitative estimate of drug-likeness (QED) is 0.401. The van der Waals surface area contributed by atoms with Crippen molar-refractivity contribution in [3.8, 4) is 17.5 Å². The molecule has 0 radical (unpaired) electrons. The van der Waals surface area contributed by atoms with Gasteiger partial charge in [-0.3, -0.25) is 0 Å². The first-order valence-corrected chi connectivity index (χ1v) is 10.4. The second-order valence-electron chi connectivity index (χ2n) is 7.30. The lowest BCUT2D eigenvalue weighted by Gasteiger charge is -2.10. The van der Waals surface area contributed by atoms with Crippen LogP contribution in [0.2, 0.25) is 0 Å². The predicted octanol–water partition coefficient (Wildman–Crippen LogP) is 4.20. The highest BCUT2D eigenvalue weighted by Gasteiger charge is 2.15. The normalized spacial score (nSPS) is 10.9. The average Bonchev–Trinajstić information content (AvgIpc) is 3.18. The zero-order chi connectivity index (χ0) is 22.3. The molecule has 0 saturated carbocycles. The summed E-state index contributed by atoms with van der Waals surface area (Å²) >= 11 is 0. The number of benzene rings is 2. The van der Waals surface area contributed by atoms with Crippen molar-refractivity contribution in [3.05, 3.63) is 71.7 Å². The van der Waals surface area contributed by atoms with Crippen LogP contribution in [0.1, 0.15) is 17.5 Å². The maximum Gasteiger partial charge on any atom is 0.224 e. The molecular weight excluding hydrogens is 407 g/mol. The van der Waals surface area contributed by atoms with Crippen molar-refractivity contribution < 1.29 is 9.13 Å². The van der Waals surface area contributed by atoms with Crippen LogP contribution in [0.5, 0.6) is 0 Å². The molecular formula is C24H23FN6O. The van der Waals surface area contributed by atoms with Crippen LogP contribution >= 0.6 is 0 Å². The number of methoxy groups -OCH3 is 1. The van der Waals surface area contributed by atoms with Crippen molar-refractivity contribution in [1.82, 2.24) is 19.5 Å². The number of fused-ring (bicyclic) bond motifs is 1. The highest BCUT2D eigenvalue weighted by atomic mass is 19.1. The van der Waals surface area contributed by atoms with Crippen LogP contribution in [0.25, 0.3) is 22.6 Å². The van der Waals surface area contributed by atoms with Crippen molar-refractivity contribution in [1.29, 1.82) is 5.26 Å². The number of imidazole rings is 1. The smallest absolute Gasteiger partial charge is 0.224 e. The Bertz CT molecular complexity index is 1260. The van der Waals surface area contributed by atoms with Gasteiger partial charge in [-0.05, 0) is 36.6 Å². The van der Waals surface area contributed by atoms with E-state index in [-0.39, 0.29) is 5.82 Å². The van der Waals surface area contributed by atoms with Crippen LogP contribution in [0.15, 0.2) is 54.7 Å². The number of nitrogens with one attached hydrogen (secondary N) is 1. The van der Waals surface area contributed by atoms with Gasteiger partial charge in [0.1, 0.15) is 17.2 Å². The monoisotopic (exact) mass is 430 g/mol. The molecule has 0 spiro atoms. The van der Waals surface area contributed by atoms with Gasteiger partial charge in [0.25, 0.3) is 0 Å². The third kappa shape index (κ3) is 4.74. The Kier molecular flexibility index (Phi) is 6.68. The summed E-state index contributed by atoms with van der Waals surface area (Å²) in [6.07, 6.45) is 2.98. The molecule has 2 aromatic carbocycles. The van der Waals surface area contributed by atoms with Crippen LogP contribution in [0.4, 0.5) is 10.3 Å². The van der Waals surface area contributed by atoms with E-state index in [4.69, 9.17) is 9.72 Å². The summed E-state index contributed by atoms with van der Waals surface area (Å²) in [7, 11) is 1.67. The molecule has 0 aliphatic rings. The molecule has 0 amide bonds. The summed E-state index contributed by atoms with van der Waals surface area (Å²) < 4.78 is 21.1. The molecule has 0 fully saturated rings. The summed E-state index contributed by atoms with van der Waals surface area (Å²) in [4.78, 5) is 13.8. The number of hydrogen-bond donors (Lipinski definition) is 1. The lowest BCUT2D eigenvalue weighted by atomic mass is 10.1. The fourth-order valence-corrected chi connectivity index (χ4v) is 3.54. The zero-order valence-electron chi connectivity index (χ0n) is 17.8. The minimum Gasteiger partial charge on any atom is -0.385 e. The Hall–Kier alpha value is -3.83. The summed E-state index contributed by atoms with van der Waals surface area (Å²) in [5.74, 6) is 0.969. The molecule has 8 heteroatoms. The van der Waals surface area contributed by atoms with Crippen LogP contribution in [0, 0.1) is 17.1 Å². The Morgan fingerprint density at radius 2 is 2.03 bits per heavy atom. The Morgan fingerprint density at radius 3 is 2.84 bits per heavy atom. The Morgan fingerprint density at radius 1 is 1.16 bits per heavy atom. The number of aromatic nitrogens is 4. The number of hydrogen-bond acceptors (Lipinski definition) is 6. The summed E-state index contributed by atoms with van der Waals surface area (Å²) in [5, 5.41) is 12.4. The van der Waals surface area contributed by atoms with E-state index in [0.29, 0.717) is 54.4 Å². The highest BCUT2D eigenvalue weighted by molar-refractivity contribution is 5.77. The van der Waals surface area contributed by atoms with Gasteiger partial charge in [-0.1, -0.05) is 30.3 Å². The lowest BCUT2D eigenvalue weighted by molar-refractivity contribution is 0.191. The van der Waals surface area contributed by atoms with Crippen molar-refractivity contribution >= 4 is 17.1 Å². The molecule has 0 saturated heterocycles. The van der Waals surface area contributed by atoms with E-state index in [9.17, 15) is 9.65 Å². The maximum absolute atomic E-state index is 13.8. The van der Waals surface area contributed by atoms with Crippen LogP contribution in [-0.4, -0.2) is 39.8 Å². The molecule has 1 N–H and O–H groups in total. The van der Waals surface area contributed by atoms with Gasteiger partial charge in [0.05, 0.1) is 17.8 Å². The van der Waals surface area contributed by atoms with Gasteiger partial charge in [-0.15, -0.1) is 0 Å². The molecule has 2 aromatic heterocycles. The molecule has 7 nitrogen and oxygen atoms in total. The van der Waals surface area contributed by atoms with Gasteiger partial charge in [0, 0.05) is 32.4 Å². The van der Waals surface area contributed by atoms with Crippen molar-refractivity contribution in [2.45, 2.75) is 19.4 Å². The van der Waals surface area contributed by atoms with Gasteiger partial charge < -0.3 is 14.6 Å². The molecule has 0 unspecified atom stereocenters. The van der Waals surface area contributed by atoms with Gasteiger partial charge in [-0.2, -0.15) is 10.2 Å². The van der Waals surface area contributed by atoms with E-state index in [1.807, 2.05) is 28.8 Å². The van der Waals surface area contributed by atoms with Crippen LogP contribution < -0.4 is 5.32 Å². The standard InChI is InChI=1S/C24H23FN6O/c1-32-13-5-12-31-22(19-8-4-6-17(14-19)15-26)29-21-16-28-24(30-23(21)31)27-11-10-18-7-2-3-9-20(18)25/h2-4,6-9,14,16H,5,10-13H2,1H3,(H,27,28,30). The number of halogens is 1. The first-order valence-electron chi connectivity index (χ1n) is 10.4. The van der Waals surface area contributed by atoms with E-state index in [1.165, 1.54) is 6.07 Å². The molecule has 0 atom stereocenters. The minimum atomic E-state index is -0.217. The largest absolute Gasteiger partial charge is 0.385 e. The molecule has 32 heavy (non-hydrogen) atoms. The number of aryl methyl sites for hydroxylation is 1. The van der Waals surface area contributed by atoms with Gasteiger partial charge in [0.15, 0.2) is 5.65 Å². The van der Waals surface area contributed by atoms with E-state index in [0.717, 1.165) is 17.8 Å². The van der Waals surface area contributed by atoms with Gasteiger partial charge in [-0.25, -0.2) is 14.4 Å². The first kappa shape index (κ1) is 21.4. The molecule has 4 rings (SSSR count). The van der Waals surface area contributed by atoms with Crippen LogP contribution in [0.3, 0.4) is 0 Å². The number of ether oxygens (including phenoxy) is 1. The van der Waals surface area contributed by atoms with E-state index < -0.39 is 0 Å². The predicted molar refractivity (Wildman–Crippen MR) is 121 cm³/mol. The molecule has 162 valence electrons. The molecule has 0 bridgehead atoms. The molecule has 2 heterocycles. The third-order valence-electron chi connectivity index (χ3n) is 5.10. The summed E-state index contributed by atoms with van der Waals surface area (Å²) in [6.45, 7) is 1.76. The SMILES string of the molecule is COCCCn1c(-c2cccc(C#N)c2)nc2cnc(NCCc3ccccc3F)nc21. The fourth-order valence-electron chi connectivity index (χ4n) is 3.54. The van der Waals surface area contributed by atoms with Gasteiger partial charge >= 0.3 is 0 Å². The van der Waals surface area contributed by atoms with E-state index in [1.54, 1.807) is 31.5 Å². The average molecular weight is 430 g/mol. The fraction of sp³-hybridized carbons (Fsp3) is 0.250. The second-order valence-corrected chi connectivity index (χ2v) is 7.30. The van der Waals surface area contributed by atoms with Gasteiger partial charge in [0.2, 0.25) is 5.95 Å². The number of anilines is 1. The molecule has 0 aliphatic heterocycles. The number of nitrogens with zero attached hydrogens (tertiary/aromatic N) is 5. The third-order valence-corrected chi connectivity index (χ3v) is 5.10. The molecule has 0 aliphatic carbocycles. The minimum absolute atomic E-state index is 0.217. The van der Waals surface area contributed by atoms with E-state index in [2.05, 4.69) is 21.4 Å². The summed E-state index contributed by atoms with van der Waals surface area (Å²) in [5.41, 5.74) is 3.42. The highest BCUT2D eigenvalue weighted by Crippen LogP contribution is 2.25. The number of rotatable bonds is 9. The van der Waals surface area contributed by atoms with Crippen molar-refractivity contribution in [3.63, 3.8) is 0 Å². The first-order chi connectivity index (χ1) is 15.7. The maximum atomic E-state index is 13.8. The van der Waals surface area contributed by atoms with Crippen LogP contribution in [-0.2, 0) is 17.7 Å².